The number of hydrogen-bond acceptors (Lipinski definition) is 4. The Kier molecular flexibility index (Phi) is 3.96. The molecule has 0 saturated carbocycles. The molecule has 1 aromatic carbocycles. The van der Waals surface area contributed by atoms with Crippen LogP contribution in [0.25, 0.3) is 0 Å². The average Bonchev–Trinajstić information content (AvgIpc) is 2.34. The molecule has 0 unspecified atom stereocenters. The lowest BCUT2D eigenvalue weighted by molar-refractivity contribution is -0.0510. The van der Waals surface area contributed by atoms with Crippen molar-refractivity contribution in [3.63, 3.8) is 0 Å². The van der Waals surface area contributed by atoms with Crippen molar-refractivity contribution in [3.05, 3.63) is 45.7 Å². The van der Waals surface area contributed by atoms with Crippen LogP contribution in [0.5, 0.6) is 17.4 Å². The highest BCUT2D eigenvalue weighted by atomic mass is 35.5. The third kappa shape index (κ3) is 3.41. The molecule has 0 aliphatic carbocycles. The number of nitrogens with one attached hydrogen (secondary N) is 1. The summed E-state index contributed by atoms with van der Waals surface area (Å²) in [6, 6.07) is 6.74. The fourth-order valence-electron chi connectivity index (χ4n) is 1.27. The van der Waals surface area contributed by atoms with Crippen LogP contribution in [0, 0.1) is 0 Å². The predicted octanol–water partition coefficient (Wildman–Crippen LogP) is 2.82. The summed E-state index contributed by atoms with van der Waals surface area (Å²) in [6.07, 6.45) is 0. The second-order valence-electron chi connectivity index (χ2n) is 3.31. The molecule has 1 heterocycles. The van der Waals surface area contributed by atoms with Gasteiger partial charge in [0.1, 0.15) is 5.15 Å². The standard InChI is InChI=1S/C11H7ClF2N2O3/c12-9-5-6(17)10(16-15-9)18-7-3-1-2-4-8(7)19-11(13)14/h1-5,11H,(H,15,17). The van der Waals surface area contributed by atoms with E-state index in [1.165, 1.54) is 24.3 Å². The van der Waals surface area contributed by atoms with Crippen LogP contribution in [0.15, 0.2) is 35.1 Å². The van der Waals surface area contributed by atoms with E-state index in [0.29, 0.717) is 0 Å². The first-order chi connectivity index (χ1) is 9.06. The summed E-state index contributed by atoms with van der Waals surface area (Å²) in [7, 11) is 0. The van der Waals surface area contributed by atoms with Gasteiger partial charge in [-0.1, -0.05) is 23.7 Å². The quantitative estimate of drug-likeness (QED) is 0.939. The minimum atomic E-state index is -3.00. The normalized spacial score (nSPS) is 10.5. The van der Waals surface area contributed by atoms with E-state index >= 15 is 0 Å². The number of aromatic nitrogens is 2. The summed E-state index contributed by atoms with van der Waals surface area (Å²) in [5.41, 5.74) is -0.587. The Hall–Kier alpha value is -2.15. The number of hydrogen-bond donors (Lipinski definition) is 1. The van der Waals surface area contributed by atoms with Gasteiger partial charge in [0.05, 0.1) is 0 Å². The molecular weight excluding hydrogens is 282 g/mol. The van der Waals surface area contributed by atoms with Crippen LogP contribution in [0.1, 0.15) is 0 Å². The fourth-order valence-corrected chi connectivity index (χ4v) is 1.41. The fraction of sp³-hybridized carbons (Fsp3) is 0.0909. The third-order valence-corrected chi connectivity index (χ3v) is 2.20. The molecule has 5 nitrogen and oxygen atoms in total. The van der Waals surface area contributed by atoms with Gasteiger partial charge in [-0.3, -0.25) is 9.89 Å². The number of nitrogens with zero attached hydrogens (tertiary/aromatic N) is 1. The number of aromatic amines is 1. The third-order valence-electron chi connectivity index (χ3n) is 2.00. The molecule has 0 aliphatic rings. The monoisotopic (exact) mass is 288 g/mol. The van der Waals surface area contributed by atoms with Gasteiger partial charge in [0, 0.05) is 6.07 Å². The number of ether oxygens (including phenoxy) is 2. The van der Waals surface area contributed by atoms with Gasteiger partial charge in [0.2, 0.25) is 5.43 Å². The van der Waals surface area contributed by atoms with Crippen molar-refractivity contribution in [2.45, 2.75) is 6.61 Å². The second-order valence-corrected chi connectivity index (χ2v) is 3.72. The van der Waals surface area contributed by atoms with Crippen molar-refractivity contribution in [3.8, 4) is 17.4 Å². The Morgan fingerprint density at radius 3 is 2.58 bits per heavy atom. The van der Waals surface area contributed by atoms with E-state index in [-0.39, 0.29) is 22.5 Å². The van der Waals surface area contributed by atoms with E-state index in [0.717, 1.165) is 6.07 Å². The lowest BCUT2D eigenvalue weighted by Gasteiger charge is -2.10. The van der Waals surface area contributed by atoms with Crippen molar-refractivity contribution < 1.29 is 18.3 Å². The van der Waals surface area contributed by atoms with Crippen molar-refractivity contribution in [1.82, 2.24) is 10.2 Å². The molecule has 0 atom stereocenters. The molecule has 8 heteroatoms. The van der Waals surface area contributed by atoms with Crippen molar-refractivity contribution in [2.75, 3.05) is 0 Å². The zero-order chi connectivity index (χ0) is 13.8. The smallest absolute Gasteiger partial charge is 0.387 e. The molecule has 0 spiro atoms. The number of rotatable bonds is 4. The summed E-state index contributed by atoms with van der Waals surface area (Å²) in [4.78, 5) is 11.5. The first kappa shape index (κ1) is 13.3. The molecule has 0 saturated heterocycles. The number of halogens is 3. The predicted molar refractivity (Wildman–Crippen MR) is 63.0 cm³/mol. The van der Waals surface area contributed by atoms with Gasteiger partial charge in [-0.15, -0.1) is 5.10 Å². The van der Waals surface area contributed by atoms with Crippen LogP contribution < -0.4 is 14.9 Å². The van der Waals surface area contributed by atoms with Gasteiger partial charge in [-0.25, -0.2) is 0 Å². The summed E-state index contributed by atoms with van der Waals surface area (Å²) in [5, 5.41) is 5.92. The zero-order valence-corrected chi connectivity index (χ0v) is 10.0. The van der Waals surface area contributed by atoms with Gasteiger partial charge in [-0.05, 0) is 12.1 Å². The van der Waals surface area contributed by atoms with E-state index in [2.05, 4.69) is 14.9 Å². The van der Waals surface area contributed by atoms with Gasteiger partial charge >= 0.3 is 6.61 Å². The summed E-state index contributed by atoms with van der Waals surface area (Å²) >= 11 is 5.52. The van der Waals surface area contributed by atoms with Crippen LogP contribution in [0.3, 0.4) is 0 Å². The molecule has 2 aromatic rings. The molecule has 0 amide bonds. The summed E-state index contributed by atoms with van der Waals surface area (Å²) in [6.45, 7) is -3.00. The second kappa shape index (κ2) is 5.66. The Morgan fingerprint density at radius 2 is 1.95 bits per heavy atom. The average molecular weight is 289 g/mol. The molecule has 0 fully saturated rings. The number of para-hydroxylation sites is 2. The Morgan fingerprint density at radius 1 is 1.26 bits per heavy atom. The molecule has 1 N–H and O–H groups in total. The largest absolute Gasteiger partial charge is 0.431 e. The van der Waals surface area contributed by atoms with Crippen molar-refractivity contribution >= 4 is 11.6 Å². The molecule has 100 valence electrons. The molecule has 0 bridgehead atoms. The van der Waals surface area contributed by atoms with Crippen LogP contribution in [0.2, 0.25) is 5.15 Å². The lowest BCUT2D eigenvalue weighted by atomic mass is 10.3. The maximum absolute atomic E-state index is 12.2. The first-order valence-corrected chi connectivity index (χ1v) is 5.41. The van der Waals surface area contributed by atoms with E-state index < -0.39 is 12.0 Å². The lowest BCUT2D eigenvalue weighted by Crippen LogP contribution is -2.09. The number of alkyl halides is 2. The summed E-state index contributed by atoms with van der Waals surface area (Å²) < 4.78 is 33.8. The Balaban J connectivity index is 2.30. The molecule has 1 aromatic heterocycles. The molecular formula is C11H7ClF2N2O3. The van der Waals surface area contributed by atoms with E-state index in [9.17, 15) is 13.6 Å². The van der Waals surface area contributed by atoms with Gasteiger partial charge < -0.3 is 9.47 Å². The van der Waals surface area contributed by atoms with Crippen LogP contribution in [-0.2, 0) is 0 Å². The van der Waals surface area contributed by atoms with E-state index in [1.807, 2.05) is 0 Å². The number of benzene rings is 1. The Bertz CT molecular complexity index is 633. The molecule has 19 heavy (non-hydrogen) atoms. The van der Waals surface area contributed by atoms with Crippen molar-refractivity contribution in [1.29, 1.82) is 0 Å². The SMILES string of the molecule is O=c1cc(Cl)[nH]nc1Oc1ccccc1OC(F)F. The zero-order valence-electron chi connectivity index (χ0n) is 9.27. The maximum Gasteiger partial charge on any atom is 0.387 e. The highest BCUT2D eigenvalue weighted by molar-refractivity contribution is 6.29. The number of H-pyrrole nitrogens is 1. The minimum Gasteiger partial charge on any atom is -0.431 e. The summed E-state index contributed by atoms with van der Waals surface area (Å²) in [5.74, 6) is -0.577. The molecule has 2 rings (SSSR count). The van der Waals surface area contributed by atoms with E-state index in [4.69, 9.17) is 16.3 Å². The highest BCUT2D eigenvalue weighted by Gasteiger charge is 2.13. The minimum absolute atomic E-state index is 0.0365. The van der Waals surface area contributed by atoms with Crippen LogP contribution in [0.4, 0.5) is 8.78 Å². The maximum atomic E-state index is 12.2. The topological polar surface area (TPSA) is 64.2 Å². The van der Waals surface area contributed by atoms with Gasteiger partial charge in [-0.2, -0.15) is 8.78 Å². The molecule has 0 radical (unpaired) electrons. The first-order valence-electron chi connectivity index (χ1n) is 5.03. The van der Waals surface area contributed by atoms with Gasteiger partial charge in [0.25, 0.3) is 5.88 Å². The Labute approximate surface area is 110 Å². The highest BCUT2D eigenvalue weighted by Crippen LogP contribution is 2.30. The van der Waals surface area contributed by atoms with Gasteiger partial charge in [0.15, 0.2) is 11.5 Å². The molecule has 0 aliphatic heterocycles. The van der Waals surface area contributed by atoms with Crippen LogP contribution in [-0.4, -0.2) is 16.8 Å². The van der Waals surface area contributed by atoms with Crippen molar-refractivity contribution in [2.24, 2.45) is 0 Å². The van der Waals surface area contributed by atoms with Crippen LogP contribution >= 0.6 is 11.6 Å². The van der Waals surface area contributed by atoms with E-state index in [1.54, 1.807) is 0 Å².